The van der Waals surface area contributed by atoms with E-state index in [4.69, 9.17) is 10.5 Å². The number of thiophene rings is 1. The molecule has 108 valence electrons. The summed E-state index contributed by atoms with van der Waals surface area (Å²) >= 11 is 1.40. The van der Waals surface area contributed by atoms with Crippen molar-refractivity contribution < 1.29 is 9.53 Å². The Bertz CT molecular complexity index is 540. The van der Waals surface area contributed by atoms with Crippen LogP contribution in [0.15, 0.2) is 12.1 Å². The molecule has 0 spiro atoms. The number of hydrogen-bond acceptors (Lipinski definition) is 4. The Morgan fingerprint density at radius 1 is 1.60 bits per heavy atom. The molecule has 1 unspecified atom stereocenters. The Morgan fingerprint density at radius 2 is 2.40 bits per heavy atom. The molecule has 1 atom stereocenters. The maximum atomic E-state index is 12.2. The predicted octanol–water partition coefficient (Wildman–Crippen LogP) is 1.75. The number of rotatable bonds is 2. The molecular formula is C15H20N2O2S. The second-order valence-corrected chi connectivity index (χ2v) is 6.52. The van der Waals surface area contributed by atoms with E-state index in [1.54, 1.807) is 0 Å². The minimum atomic E-state index is -0.163. The van der Waals surface area contributed by atoms with Crippen LogP contribution < -0.4 is 11.1 Å². The van der Waals surface area contributed by atoms with E-state index in [2.05, 4.69) is 31.0 Å². The molecule has 0 saturated carbocycles. The lowest BCUT2D eigenvalue weighted by molar-refractivity contribution is -0.0615. The molecule has 3 N–H and O–H groups in total. The predicted molar refractivity (Wildman–Crippen MR) is 80.8 cm³/mol. The fraction of sp³-hybridized carbons (Fsp3) is 0.533. The SMILES string of the molecule is CC1(C)CC(NC(=O)c2ccc(C#CCN)s2)CCO1. The summed E-state index contributed by atoms with van der Waals surface area (Å²) in [7, 11) is 0. The summed E-state index contributed by atoms with van der Waals surface area (Å²) in [5.41, 5.74) is 5.17. The highest BCUT2D eigenvalue weighted by atomic mass is 32.1. The van der Waals surface area contributed by atoms with Gasteiger partial charge in [0.25, 0.3) is 5.91 Å². The number of ether oxygens (including phenoxy) is 1. The Morgan fingerprint density at radius 3 is 3.10 bits per heavy atom. The third kappa shape index (κ3) is 4.07. The highest BCUT2D eigenvalue weighted by Gasteiger charge is 2.29. The maximum absolute atomic E-state index is 12.2. The molecule has 1 amide bonds. The largest absolute Gasteiger partial charge is 0.375 e. The first-order chi connectivity index (χ1) is 9.50. The first kappa shape index (κ1) is 15.0. The van der Waals surface area contributed by atoms with Crippen molar-refractivity contribution >= 4 is 17.2 Å². The van der Waals surface area contributed by atoms with Gasteiger partial charge in [-0.05, 0) is 38.8 Å². The van der Waals surface area contributed by atoms with Gasteiger partial charge in [0.2, 0.25) is 0 Å². The Labute approximate surface area is 123 Å². The number of carbonyl (C=O) groups excluding carboxylic acids is 1. The van der Waals surface area contributed by atoms with Crippen molar-refractivity contribution in [3.05, 3.63) is 21.9 Å². The zero-order chi connectivity index (χ0) is 14.6. The number of nitrogens with one attached hydrogen (secondary N) is 1. The second kappa shape index (κ2) is 6.40. The first-order valence-electron chi connectivity index (χ1n) is 6.74. The van der Waals surface area contributed by atoms with E-state index in [9.17, 15) is 4.79 Å². The van der Waals surface area contributed by atoms with Crippen LogP contribution in [0.2, 0.25) is 0 Å². The lowest BCUT2D eigenvalue weighted by Gasteiger charge is -2.35. The molecule has 0 aliphatic carbocycles. The Kier molecular flexibility index (Phi) is 4.81. The van der Waals surface area contributed by atoms with E-state index in [-0.39, 0.29) is 17.6 Å². The Balaban J connectivity index is 1.96. The highest BCUT2D eigenvalue weighted by Crippen LogP contribution is 2.24. The van der Waals surface area contributed by atoms with Gasteiger partial charge < -0.3 is 15.8 Å². The summed E-state index contributed by atoms with van der Waals surface area (Å²) in [6.45, 7) is 5.13. The zero-order valence-electron chi connectivity index (χ0n) is 11.9. The molecule has 1 aromatic heterocycles. The van der Waals surface area contributed by atoms with E-state index < -0.39 is 0 Å². The van der Waals surface area contributed by atoms with Crippen molar-refractivity contribution in [2.45, 2.75) is 38.3 Å². The summed E-state index contributed by atoms with van der Waals surface area (Å²) in [6.07, 6.45) is 1.70. The molecule has 1 saturated heterocycles. The van der Waals surface area contributed by atoms with Crippen LogP contribution in [0.5, 0.6) is 0 Å². The van der Waals surface area contributed by atoms with E-state index in [1.165, 1.54) is 11.3 Å². The minimum Gasteiger partial charge on any atom is -0.375 e. The van der Waals surface area contributed by atoms with Crippen LogP contribution in [0.4, 0.5) is 0 Å². The van der Waals surface area contributed by atoms with Gasteiger partial charge in [-0.2, -0.15) is 0 Å². The van der Waals surface area contributed by atoms with Gasteiger partial charge in [-0.25, -0.2) is 0 Å². The van der Waals surface area contributed by atoms with Gasteiger partial charge in [0.1, 0.15) is 0 Å². The van der Waals surface area contributed by atoms with Gasteiger partial charge in [0.15, 0.2) is 0 Å². The summed E-state index contributed by atoms with van der Waals surface area (Å²) in [5.74, 6) is 5.70. The van der Waals surface area contributed by atoms with Gasteiger partial charge in [-0.3, -0.25) is 4.79 Å². The number of amides is 1. The fourth-order valence-corrected chi connectivity index (χ4v) is 3.06. The molecule has 1 aliphatic rings. The summed E-state index contributed by atoms with van der Waals surface area (Å²) in [4.78, 5) is 13.8. The molecular weight excluding hydrogens is 272 g/mol. The summed E-state index contributed by atoms with van der Waals surface area (Å²) < 4.78 is 5.65. The van der Waals surface area contributed by atoms with Gasteiger partial charge >= 0.3 is 0 Å². The topological polar surface area (TPSA) is 64.4 Å². The van der Waals surface area contributed by atoms with Crippen LogP contribution in [0.1, 0.15) is 41.2 Å². The standard InChI is InChI=1S/C15H20N2O2S/c1-15(2)10-11(7-9-19-15)17-14(18)13-6-5-12(20-13)4-3-8-16/h5-6,11H,7-10,16H2,1-2H3,(H,17,18). The van der Waals surface area contributed by atoms with Gasteiger partial charge in [0, 0.05) is 12.6 Å². The lowest BCUT2D eigenvalue weighted by Crippen LogP contribution is -2.45. The van der Waals surface area contributed by atoms with Gasteiger partial charge in [-0.15, -0.1) is 11.3 Å². The fourth-order valence-electron chi connectivity index (χ4n) is 2.28. The van der Waals surface area contributed by atoms with Crippen LogP contribution in [-0.2, 0) is 4.74 Å². The molecule has 2 rings (SSSR count). The van der Waals surface area contributed by atoms with Crippen molar-refractivity contribution in [2.75, 3.05) is 13.2 Å². The van der Waals surface area contributed by atoms with Crippen LogP contribution in [0.25, 0.3) is 0 Å². The van der Waals surface area contributed by atoms with E-state index in [0.29, 0.717) is 18.0 Å². The molecule has 1 aromatic rings. The highest BCUT2D eigenvalue weighted by molar-refractivity contribution is 7.14. The smallest absolute Gasteiger partial charge is 0.261 e. The molecule has 20 heavy (non-hydrogen) atoms. The molecule has 0 bridgehead atoms. The van der Waals surface area contributed by atoms with Crippen LogP contribution >= 0.6 is 11.3 Å². The van der Waals surface area contributed by atoms with E-state index >= 15 is 0 Å². The van der Waals surface area contributed by atoms with E-state index in [1.807, 2.05) is 12.1 Å². The zero-order valence-corrected chi connectivity index (χ0v) is 12.7. The minimum absolute atomic E-state index is 0.0292. The molecule has 1 aliphatic heterocycles. The normalized spacial score (nSPS) is 20.9. The average molecular weight is 292 g/mol. The first-order valence-corrected chi connectivity index (χ1v) is 7.55. The average Bonchev–Trinajstić information content (AvgIpc) is 2.84. The molecule has 4 nitrogen and oxygen atoms in total. The van der Waals surface area contributed by atoms with Crippen molar-refractivity contribution in [1.82, 2.24) is 5.32 Å². The maximum Gasteiger partial charge on any atom is 0.261 e. The quantitative estimate of drug-likeness (QED) is 0.816. The molecule has 5 heteroatoms. The molecule has 1 fully saturated rings. The van der Waals surface area contributed by atoms with Crippen LogP contribution in [-0.4, -0.2) is 30.7 Å². The van der Waals surface area contributed by atoms with Crippen molar-refractivity contribution in [3.8, 4) is 11.8 Å². The third-order valence-corrected chi connectivity index (χ3v) is 4.18. The van der Waals surface area contributed by atoms with Crippen molar-refractivity contribution in [3.63, 3.8) is 0 Å². The Hall–Kier alpha value is -1.35. The molecule has 2 heterocycles. The third-order valence-electron chi connectivity index (χ3n) is 3.18. The summed E-state index contributed by atoms with van der Waals surface area (Å²) in [5, 5.41) is 3.08. The number of nitrogens with two attached hydrogens (primary N) is 1. The van der Waals surface area contributed by atoms with Gasteiger partial charge in [-0.1, -0.05) is 11.8 Å². The van der Waals surface area contributed by atoms with Crippen molar-refractivity contribution in [1.29, 1.82) is 0 Å². The van der Waals surface area contributed by atoms with Crippen LogP contribution in [0, 0.1) is 11.8 Å². The summed E-state index contributed by atoms with van der Waals surface area (Å²) in [6, 6.07) is 3.84. The van der Waals surface area contributed by atoms with Crippen molar-refractivity contribution in [2.24, 2.45) is 5.73 Å². The van der Waals surface area contributed by atoms with Gasteiger partial charge in [0.05, 0.1) is 21.9 Å². The molecule has 0 aromatic carbocycles. The number of carbonyl (C=O) groups is 1. The number of hydrogen-bond donors (Lipinski definition) is 2. The monoisotopic (exact) mass is 292 g/mol. The lowest BCUT2D eigenvalue weighted by atomic mass is 9.94. The molecule has 0 radical (unpaired) electrons. The van der Waals surface area contributed by atoms with E-state index in [0.717, 1.165) is 17.7 Å². The second-order valence-electron chi connectivity index (χ2n) is 5.44. The van der Waals surface area contributed by atoms with Crippen LogP contribution in [0.3, 0.4) is 0 Å².